The van der Waals surface area contributed by atoms with Crippen molar-refractivity contribution in [3.63, 3.8) is 0 Å². The van der Waals surface area contributed by atoms with E-state index in [-0.39, 0.29) is 32.1 Å². The second-order valence-corrected chi connectivity index (χ2v) is 9.41. The van der Waals surface area contributed by atoms with Crippen LogP contribution in [0, 0.1) is 0 Å². The average molecular weight is 520 g/mol. The topological polar surface area (TPSA) is 141 Å². The first-order chi connectivity index (χ1) is 17.9. The number of aliphatic hydroxyl groups excluding tert-OH is 3. The summed E-state index contributed by atoms with van der Waals surface area (Å²) in [7, 11) is 1.49. The van der Waals surface area contributed by atoms with Gasteiger partial charge in [-0.2, -0.15) is 0 Å². The third kappa shape index (κ3) is 5.60. The van der Waals surface area contributed by atoms with Crippen LogP contribution in [-0.4, -0.2) is 115 Å². The van der Waals surface area contributed by atoms with Crippen LogP contribution in [0.2, 0.25) is 0 Å². The predicted molar refractivity (Wildman–Crippen MR) is 133 cm³/mol. The summed E-state index contributed by atoms with van der Waals surface area (Å²) >= 11 is 0. The van der Waals surface area contributed by atoms with Gasteiger partial charge in [-0.05, 0) is 23.8 Å². The van der Waals surface area contributed by atoms with Crippen molar-refractivity contribution in [3.05, 3.63) is 34.9 Å². The minimum atomic E-state index is -1.12. The quantitative estimate of drug-likeness (QED) is 0.318. The molecule has 11 heteroatoms. The molecule has 0 bridgehead atoms. The molecule has 4 unspecified atom stereocenters. The Kier molecular flexibility index (Phi) is 9.04. The minimum Gasteiger partial charge on any atom is -0.493 e. The largest absolute Gasteiger partial charge is 0.493 e. The first kappa shape index (κ1) is 27.3. The van der Waals surface area contributed by atoms with E-state index in [4.69, 9.17) is 14.2 Å². The Morgan fingerprint density at radius 2 is 2.00 bits per heavy atom. The molecule has 204 valence electrons. The van der Waals surface area contributed by atoms with E-state index in [0.717, 1.165) is 13.1 Å². The van der Waals surface area contributed by atoms with Crippen LogP contribution in [-0.2, 0) is 20.9 Å². The fourth-order valence-corrected chi connectivity index (χ4v) is 5.34. The van der Waals surface area contributed by atoms with Crippen LogP contribution in [0.25, 0.3) is 0 Å². The molecule has 0 aromatic heterocycles. The van der Waals surface area contributed by atoms with Crippen molar-refractivity contribution in [2.45, 2.75) is 44.1 Å². The first-order valence-electron chi connectivity index (χ1n) is 12.8. The molecule has 1 fully saturated rings. The molecule has 2 aliphatic heterocycles. The van der Waals surface area contributed by atoms with E-state index in [1.54, 1.807) is 30.0 Å². The Balaban J connectivity index is 1.72. The fraction of sp³-hybridized carbons (Fsp3) is 0.615. The Labute approximate surface area is 216 Å². The number of hydrogen-bond acceptors (Lipinski definition) is 9. The monoisotopic (exact) mass is 519 g/mol. The summed E-state index contributed by atoms with van der Waals surface area (Å²) in [6.45, 7) is 5.15. The van der Waals surface area contributed by atoms with Crippen molar-refractivity contribution < 1.29 is 39.1 Å². The highest BCUT2D eigenvalue weighted by molar-refractivity contribution is 5.96. The van der Waals surface area contributed by atoms with Gasteiger partial charge in [0.25, 0.3) is 0 Å². The van der Waals surface area contributed by atoms with Crippen LogP contribution in [0.4, 0.5) is 0 Å². The number of rotatable bonds is 10. The van der Waals surface area contributed by atoms with Gasteiger partial charge in [0.2, 0.25) is 11.8 Å². The van der Waals surface area contributed by atoms with Gasteiger partial charge in [-0.3, -0.25) is 14.5 Å². The first-order valence-corrected chi connectivity index (χ1v) is 12.8. The predicted octanol–water partition coefficient (Wildman–Crippen LogP) is -0.619. The number of amides is 2. The highest BCUT2D eigenvalue weighted by Gasteiger charge is 2.51. The van der Waals surface area contributed by atoms with E-state index < -0.39 is 30.1 Å². The maximum atomic E-state index is 13.3. The van der Waals surface area contributed by atoms with Gasteiger partial charge in [0.1, 0.15) is 12.2 Å². The van der Waals surface area contributed by atoms with Crippen molar-refractivity contribution in [1.29, 1.82) is 0 Å². The van der Waals surface area contributed by atoms with Crippen LogP contribution < -0.4 is 14.8 Å². The van der Waals surface area contributed by atoms with Crippen molar-refractivity contribution in [3.8, 4) is 11.5 Å². The number of carbonyl (C=O) groups excluding carboxylic acids is 2. The summed E-state index contributed by atoms with van der Waals surface area (Å²) in [5.41, 5.74) is 1.54. The Bertz CT molecular complexity index is 1010. The van der Waals surface area contributed by atoms with E-state index in [9.17, 15) is 24.9 Å². The van der Waals surface area contributed by atoms with Crippen LogP contribution in [0.3, 0.4) is 0 Å². The number of fused-ring (bicyclic) bond motifs is 3. The number of nitrogens with one attached hydrogen (secondary N) is 1. The zero-order valence-corrected chi connectivity index (χ0v) is 21.4. The molecule has 1 aromatic rings. The van der Waals surface area contributed by atoms with E-state index in [0.29, 0.717) is 54.5 Å². The molecule has 3 aliphatic rings. The molecule has 2 amide bonds. The molecule has 1 saturated heterocycles. The van der Waals surface area contributed by atoms with Crippen LogP contribution in [0.15, 0.2) is 23.8 Å². The van der Waals surface area contributed by atoms with E-state index in [2.05, 4.69) is 10.2 Å². The van der Waals surface area contributed by atoms with Crippen LogP contribution in [0.1, 0.15) is 30.4 Å². The SMILES string of the molecule is CCC(=O)N(CCN1CCOCC1)C1C=C(C(=O)NCCO)C2c3cc(CO)cc(OC)c3OC2C1O. The minimum absolute atomic E-state index is 0.0587. The van der Waals surface area contributed by atoms with Gasteiger partial charge in [-0.15, -0.1) is 0 Å². The Morgan fingerprint density at radius 3 is 2.65 bits per heavy atom. The van der Waals surface area contributed by atoms with E-state index >= 15 is 0 Å². The molecular formula is C26H37N3O8. The second kappa shape index (κ2) is 12.2. The lowest BCUT2D eigenvalue weighted by atomic mass is 9.77. The highest BCUT2D eigenvalue weighted by atomic mass is 16.5. The average Bonchev–Trinajstić information content (AvgIpc) is 3.32. The molecule has 1 aliphatic carbocycles. The molecular weight excluding hydrogens is 482 g/mol. The number of morpholine rings is 1. The molecule has 4 atom stereocenters. The van der Waals surface area contributed by atoms with Gasteiger partial charge < -0.3 is 39.7 Å². The molecule has 1 aromatic carbocycles. The Hall–Kier alpha value is -2.70. The zero-order valence-electron chi connectivity index (χ0n) is 21.4. The van der Waals surface area contributed by atoms with Gasteiger partial charge in [-0.25, -0.2) is 0 Å². The molecule has 11 nitrogen and oxygen atoms in total. The summed E-state index contributed by atoms with van der Waals surface area (Å²) < 4.78 is 17.1. The lowest BCUT2D eigenvalue weighted by Crippen LogP contribution is -2.57. The lowest BCUT2D eigenvalue weighted by molar-refractivity contribution is -0.137. The molecule has 0 spiro atoms. The second-order valence-electron chi connectivity index (χ2n) is 9.41. The summed E-state index contributed by atoms with van der Waals surface area (Å²) in [6.07, 6.45) is -0.0654. The summed E-state index contributed by atoms with van der Waals surface area (Å²) in [5.74, 6) is -0.403. The normalized spacial score (nSPS) is 24.9. The maximum absolute atomic E-state index is 13.3. The molecule has 37 heavy (non-hydrogen) atoms. The van der Waals surface area contributed by atoms with Crippen LogP contribution in [0.5, 0.6) is 11.5 Å². The summed E-state index contributed by atoms with van der Waals surface area (Å²) in [6, 6.07) is 2.61. The number of ether oxygens (including phenoxy) is 3. The third-order valence-electron chi connectivity index (χ3n) is 7.24. The number of aliphatic hydroxyl groups is 3. The van der Waals surface area contributed by atoms with Gasteiger partial charge in [0.05, 0.1) is 45.5 Å². The van der Waals surface area contributed by atoms with Crippen molar-refractivity contribution >= 4 is 11.8 Å². The fourth-order valence-electron chi connectivity index (χ4n) is 5.34. The van der Waals surface area contributed by atoms with Crippen LogP contribution >= 0.6 is 0 Å². The molecule has 0 saturated carbocycles. The van der Waals surface area contributed by atoms with Crippen molar-refractivity contribution in [2.24, 2.45) is 0 Å². The smallest absolute Gasteiger partial charge is 0.247 e. The molecule has 4 N–H and O–H groups in total. The number of benzene rings is 1. The standard InChI is InChI=1S/C26H37N3O8/c1-3-21(32)29(6-5-28-7-10-36-11-8-28)19-14-18(26(34)27-4-9-30)22-17-12-16(15-31)13-20(35-2)24(17)37-25(22)23(19)33/h12-14,19,22-23,25,30-31,33H,3-11,15H2,1-2H3,(H,27,34). The van der Waals surface area contributed by atoms with Crippen molar-refractivity contribution in [2.75, 3.05) is 59.7 Å². The number of hydrogen-bond donors (Lipinski definition) is 4. The van der Waals surface area contributed by atoms with Gasteiger partial charge in [-0.1, -0.05) is 6.92 Å². The van der Waals surface area contributed by atoms with E-state index in [1.807, 2.05) is 0 Å². The molecule has 0 radical (unpaired) electrons. The Morgan fingerprint density at radius 1 is 1.24 bits per heavy atom. The van der Waals surface area contributed by atoms with Gasteiger partial charge in [0, 0.05) is 50.3 Å². The third-order valence-corrected chi connectivity index (χ3v) is 7.24. The molecule has 2 heterocycles. The van der Waals surface area contributed by atoms with Gasteiger partial charge >= 0.3 is 0 Å². The number of methoxy groups -OCH3 is 1. The highest BCUT2D eigenvalue weighted by Crippen LogP contribution is 2.51. The number of nitrogens with zero attached hydrogens (tertiary/aromatic N) is 2. The lowest BCUT2D eigenvalue weighted by Gasteiger charge is -2.41. The maximum Gasteiger partial charge on any atom is 0.247 e. The van der Waals surface area contributed by atoms with Gasteiger partial charge in [0.15, 0.2) is 11.5 Å². The number of carbonyl (C=O) groups is 2. The summed E-state index contributed by atoms with van der Waals surface area (Å²) in [5, 5.41) is 33.3. The molecule has 4 rings (SSSR count). The summed E-state index contributed by atoms with van der Waals surface area (Å²) in [4.78, 5) is 30.2. The zero-order chi connectivity index (χ0) is 26.5. The van der Waals surface area contributed by atoms with E-state index in [1.165, 1.54) is 7.11 Å². The van der Waals surface area contributed by atoms with Crippen molar-refractivity contribution in [1.82, 2.24) is 15.1 Å².